The molecule has 1 aromatic rings. The molecule has 2 amide bonds. The Kier molecular flexibility index (Phi) is 3.28. The Morgan fingerprint density at radius 1 is 1.18 bits per heavy atom. The molecule has 3 unspecified atom stereocenters. The lowest BCUT2D eigenvalue weighted by molar-refractivity contribution is 0.0158. The highest BCUT2D eigenvalue weighted by atomic mass is 16.5. The Labute approximate surface area is 129 Å². The number of anilines is 1. The molecule has 1 saturated heterocycles. The standard InChI is InChI=1S/C17H20N2O3/c20-16(22-15-10-11-1-2-13(15)9-11)12-3-5-14(6-4-12)19-8-7-18-17(19)21/h3-6,11,13,15H,1-2,7-10H2,(H,18,21). The number of carbonyl (C=O) groups is 2. The highest BCUT2D eigenvalue weighted by Gasteiger charge is 2.41. The first-order chi connectivity index (χ1) is 10.7. The van der Waals surface area contributed by atoms with Gasteiger partial charge in [0, 0.05) is 18.8 Å². The summed E-state index contributed by atoms with van der Waals surface area (Å²) in [5.41, 5.74) is 1.37. The Bertz CT molecular complexity index is 598. The number of hydrogen-bond donors (Lipinski definition) is 1. The van der Waals surface area contributed by atoms with Gasteiger partial charge in [0.2, 0.25) is 0 Å². The lowest BCUT2D eigenvalue weighted by atomic mass is 9.98. The van der Waals surface area contributed by atoms with Gasteiger partial charge in [-0.3, -0.25) is 4.90 Å². The van der Waals surface area contributed by atoms with Crippen molar-refractivity contribution in [3.63, 3.8) is 0 Å². The minimum Gasteiger partial charge on any atom is -0.458 e. The zero-order valence-corrected chi connectivity index (χ0v) is 12.5. The molecule has 1 N–H and O–H groups in total. The SMILES string of the molecule is O=C(OC1CC2CCC1C2)c1ccc(N2CCNC2=O)cc1. The molecule has 3 atom stereocenters. The molecule has 0 radical (unpaired) electrons. The van der Waals surface area contributed by atoms with Crippen LogP contribution in [-0.2, 0) is 4.74 Å². The minimum atomic E-state index is -0.241. The molecule has 116 valence electrons. The molecular formula is C17H20N2O3. The predicted octanol–water partition coefficient (Wildman–Crippen LogP) is 2.56. The number of ether oxygens (including phenoxy) is 1. The van der Waals surface area contributed by atoms with E-state index in [2.05, 4.69) is 5.32 Å². The van der Waals surface area contributed by atoms with E-state index in [0.29, 0.717) is 24.6 Å². The summed E-state index contributed by atoms with van der Waals surface area (Å²) in [7, 11) is 0. The van der Waals surface area contributed by atoms with E-state index < -0.39 is 0 Å². The molecule has 1 heterocycles. The summed E-state index contributed by atoms with van der Waals surface area (Å²) in [6.45, 7) is 1.32. The summed E-state index contributed by atoms with van der Waals surface area (Å²) in [5.74, 6) is 1.09. The molecule has 2 bridgehead atoms. The number of fused-ring (bicyclic) bond motifs is 2. The summed E-state index contributed by atoms with van der Waals surface area (Å²) in [5, 5.41) is 2.76. The second-order valence-corrected chi connectivity index (χ2v) is 6.55. The summed E-state index contributed by atoms with van der Waals surface area (Å²) >= 11 is 0. The zero-order valence-electron chi connectivity index (χ0n) is 12.5. The number of amides is 2. The smallest absolute Gasteiger partial charge is 0.338 e. The molecule has 2 aliphatic carbocycles. The molecule has 3 aliphatic rings. The molecule has 1 aromatic carbocycles. The van der Waals surface area contributed by atoms with E-state index in [1.54, 1.807) is 17.0 Å². The fourth-order valence-electron chi connectivity index (χ4n) is 4.03. The monoisotopic (exact) mass is 300 g/mol. The zero-order chi connectivity index (χ0) is 15.1. The van der Waals surface area contributed by atoms with Crippen molar-refractivity contribution in [2.75, 3.05) is 18.0 Å². The molecule has 4 rings (SSSR count). The van der Waals surface area contributed by atoms with Gasteiger partial charge in [0.15, 0.2) is 0 Å². The first-order valence-corrected chi connectivity index (χ1v) is 8.07. The average Bonchev–Trinajstić information content (AvgIpc) is 3.24. The number of benzene rings is 1. The van der Waals surface area contributed by atoms with Crippen LogP contribution in [0.3, 0.4) is 0 Å². The number of rotatable bonds is 3. The van der Waals surface area contributed by atoms with Gasteiger partial charge in [0.1, 0.15) is 6.10 Å². The number of nitrogens with one attached hydrogen (secondary N) is 1. The van der Waals surface area contributed by atoms with Gasteiger partial charge in [-0.05, 0) is 61.8 Å². The van der Waals surface area contributed by atoms with Crippen LogP contribution in [0.5, 0.6) is 0 Å². The highest BCUT2D eigenvalue weighted by Crippen LogP contribution is 2.46. The number of urea groups is 1. The summed E-state index contributed by atoms with van der Waals surface area (Å²) in [4.78, 5) is 25.6. The average molecular weight is 300 g/mol. The van der Waals surface area contributed by atoms with Crippen molar-refractivity contribution in [1.82, 2.24) is 5.32 Å². The molecular weight excluding hydrogens is 280 g/mol. The maximum Gasteiger partial charge on any atom is 0.338 e. The number of esters is 1. The van der Waals surface area contributed by atoms with Crippen LogP contribution >= 0.6 is 0 Å². The minimum absolute atomic E-state index is 0.0858. The van der Waals surface area contributed by atoms with Crippen molar-refractivity contribution in [1.29, 1.82) is 0 Å². The van der Waals surface area contributed by atoms with Crippen LogP contribution in [0.15, 0.2) is 24.3 Å². The summed E-state index contributed by atoms with van der Waals surface area (Å²) in [6.07, 6.45) is 4.86. The number of carbonyl (C=O) groups excluding carboxylic acids is 2. The van der Waals surface area contributed by atoms with Gasteiger partial charge in [0.25, 0.3) is 0 Å². The largest absolute Gasteiger partial charge is 0.458 e. The molecule has 0 aromatic heterocycles. The van der Waals surface area contributed by atoms with E-state index in [0.717, 1.165) is 18.0 Å². The quantitative estimate of drug-likeness (QED) is 0.873. The number of nitrogens with zero attached hydrogens (tertiary/aromatic N) is 1. The maximum absolute atomic E-state index is 12.3. The van der Waals surface area contributed by atoms with Crippen molar-refractivity contribution in [2.24, 2.45) is 11.8 Å². The van der Waals surface area contributed by atoms with Crippen molar-refractivity contribution < 1.29 is 14.3 Å². The third-order valence-corrected chi connectivity index (χ3v) is 5.20. The molecule has 5 heteroatoms. The van der Waals surface area contributed by atoms with Crippen molar-refractivity contribution in [3.8, 4) is 0 Å². The van der Waals surface area contributed by atoms with E-state index in [-0.39, 0.29) is 18.1 Å². The number of hydrogen-bond acceptors (Lipinski definition) is 3. The second-order valence-electron chi connectivity index (χ2n) is 6.55. The molecule has 5 nitrogen and oxygen atoms in total. The van der Waals surface area contributed by atoms with E-state index in [1.807, 2.05) is 12.1 Å². The van der Waals surface area contributed by atoms with E-state index in [1.165, 1.54) is 19.3 Å². The normalized spacial score (nSPS) is 29.7. The highest BCUT2D eigenvalue weighted by molar-refractivity contribution is 5.95. The third kappa shape index (κ3) is 2.34. The summed E-state index contributed by atoms with van der Waals surface area (Å²) in [6, 6.07) is 7.02. The van der Waals surface area contributed by atoms with E-state index in [4.69, 9.17) is 4.74 Å². The molecule has 1 aliphatic heterocycles. The lowest BCUT2D eigenvalue weighted by Gasteiger charge is -2.22. The van der Waals surface area contributed by atoms with Gasteiger partial charge in [-0.25, -0.2) is 9.59 Å². The Hall–Kier alpha value is -2.04. The van der Waals surface area contributed by atoms with Crippen LogP contribution in [0.1, 0.15) is 36.0 Å². The molecule has 0 spiro atoms. The third-order valence-electron chi connectivity index (χ3n) is 5.20. The topological polar surface area (TPSA) is 58.6 Å². The van der Waals surface area contributed by atoms with Crippen LogP contribution in [0, 0.1) is 11.8 Å². The van der Waals surface area contributed by atoms with Crippen molar-refractivity contribution >= 4 is 17.7 Å². The summed E-state index contributed by atoms with van der Waals surface area (Å²) < 4.78 is 5.69. The fraction of sp³-hybridized carbons (Fsp3) is 0.529. The van der Waals surface area contributed by atoms with Gasteiger partial charge in [-0.1, -0.05) is 0 Å². The van der Waals surface area contributed by atoms with Crippen LogP contribution in [0.4, 0.5) is 10.5 Å². The fourth-order valence-corrected chi connectivity index (χ4v) is 4.03. The predicted molar refractivity (Wildman–Crippen MR) is 81.8 cm³/mol. The molecule has 2 saturated carbocycles. The maximum atomic E-state index is 12.3. The van der Waals surface area contributed by atoms with Crippen LogP contribution in [-0.4, -0.2) is 31.2 Å². The molecule has 3 fully saturated rings. The van der Waals surface area contributed by atoms with Gasteiger partial charge in [0.05, 0.1) is 5.56 Å². The Morgan fingerprint density at radius 3 is 2.59 bits per heavy atom. The molecule has 22 heavy (non-hydrogen) atoms. The van der Waals surface area contributed by atoms with Crippen LogP contribution in [0.2, 0.25) is 0 Å². The first-order valence-electron chi connectivity index (χ1n) is 8.07. The van der Waals surface area contributed by atoms with Gasteiger partial charge < -0.3 is 10.1 Å². The Morgan fingerprint density at radius 2 is 2.00 bits per heavy atom. The Balaban J connectivity index is 1.42. The van der Waals surface area contributed by atoms with Crippen molar-refractivity contribution in [3.05, 3.63) is 29.8 Å². The van der Waals surface area contributed by atoms with Gasteiger partial charge >= 0.3 is 12.0 Å². The van der Waals surface area contributed by atoms with Gasteiger partial charge in [-0.2, -0.15) is 0 Å². The lowest BCUT2D eigenvalue weighted by Crippen LogP contribution is -2.27. The van der Waals surface area contributed by atoms with Gasteiger partial charge in [-0.15, -0.1) is 0 Å². The van der Waals surface area contributed by atoms with Crippen molar-refractivity contribution in [2.45, 2.75) is 31.8 Å². The van der Waals surface area contributed by atoms with E-state index >= 15 is 0 Å². The van der Waals surface area contributed by atoms with E-state index in [9.17, 15) is 9.59 Å². The van der Waals surface area contributed by atoms with Crippen LogP contribution < -0.4 is 10.2 Å². The second kappa shape index (κ2) is 5.30. The first kappa shape index (κ1) is 13.6. The van der Waals surface area contributed by atoms with Crippen LogP contribution in [0.25, 0.3) is 0 Å².